The summed E-state index contributed by atoms with van der Waals surface area (Å²) in [7, 11) is 0. The number of piperazine rings is 1. The Balaban J connectivity index is 1.28. The third-order valence-corrected chi connectivity index (χ3v) is 6.61. The first-order valence-corrected chi connectivity index (χ1v) is 11.0. The molecule has 0 spiro atoms. The van der Waals surface area contributed by atoms with Crippen LogP contribution in [0.15, 0.2) is 30.3 Å². The number of amides is 1. The molecule has 0 bridgehead atoms. The average molecular weight is 409 g/mol. The van der Waals surface area contributed by atoms with Crippen LogP contribution in [0.1, 0.15) is 28.3 Å². The van der Waals surface area contributed by atoms with E-state index < -0.39 is 0 Å². The van der Waals surface area contributed by atoms with Crippen molar-refractivity contribution in [2.45, 2.75) is 19.8 Å². The molecule has 7 nitrogen and oxygen atoms in total. The molecule has 8 heteroatoms. The van der Waals surface area contributed by atoms with E-state index >= 15 is 0 Å². The molecule has 1 amide bonds. The van der Waals surface area contributed by atoms with Crippen molar-refractivity contribution in [3.63, 3.8) is 0 Å². The standard InChI is InChI=1S/C21H24N6OS/c1-15-14-18(25-8-4-5-9-25)24-21(22-15)27-12-10-26(11-13-27)20(28)19-23-16-6-2-3-7-17(16)29-19/h2-3,6-7,14H,4-5,8-13H2,1H3. The number of thiazole rings is 1. The minimum Gasteiger partial charge on any atom is -0.356 e. The van der Waals surface area contributed by atoms with E-state index in [1.54, 1.807) is 0 Å². The molecule has 150 valence electrons. The second kappa shape index (κ2) is 7.59. The fourth-order valence-electron chi connectivity index (χ4n) is 3.99. The Morgan fingerprint density at radius 3 is 2.45 bits per heavy atom. The fourth-order valence-corrected chi connectivity index (χ4v) is 4.93. The first kappa shape index (κ1) is 18.3. The molecule has 4 heterocycles. The molecular weight excluding hydrogens is 384 g/mol. The van der Waals surface area contributed by atoms with Crippen LogP contribution in [-0.4, -0.2) is 65.0 Å². The van der Waals surface area contributed by atoms with Gasteiger partial charge in [0.1, 0.15) is 5.82 Å². The summed E-state index contributed by atoms with van der Waals surface area (Å²) in [6.07, 6.45) is 2.45. The van der Waals surface area contributed by atoms with E-state index in [1.165, 1.54) is 24.2 Å². The number of hydrogen-bond acceptors (Lipinski definition) is 7. The van der Waals surface area contributed by atoms with Gasteiger partial charge in [0.15, 0.2) is 5.01 Å². The van der Waals surface area contributed by atoms with E-state index in [2.05, 4.69) is 25.8 Å². The van der Waals surface area contributed by atoms with Gasteiger partial charge in [-0.15, -0.1) is 11.3 Å². The third-order valence-electron chi connectivity index (χ3n) is 5.59. The van der Waals surface area contributed by atoms with Crippen molar-refractivity contribution in [2.24, 2.45) is 0 Å². The van der Waals surface area contributed by atoms with Crippen molar-refractivity contribution in [2.75, 3.05) is 49.1 Å². The topological polar surface area (TPSA) is 65.5 Å². The number of para-hydroxylation sites is 1. The van der Waals surface area contributed by atoms with Crippen LogP contribution in [0.4, 0.5) is 11.8 Å². The molecule has 0 radical (unpaired) electrons. The van der Waals surface area contributed by atoms with Crippen LogP contribution in [0.2, 0.25) is 0 Å². The number of hydrogen-bond donors (Lipinski definition) is 0. The number of rotatable bonds is 3. The normalized spacial score (nSPS) is 17.3. The van der Waals surface area contributed by atoms with Gasteiger partial charge >= 0.3 is 0 Å². The molecule has 0 aliphatic carbocycles. The van der Waals surface area contributed by atoms with Crippen molar-refractivity contribution in [3.8, 4) is 0 Å². The number of carbonyl (C=O) groups is 1. The number of fused-ring (bicyclic) bond motifs is 1. The molecule has 29 heavy (non-hydrogen) atoms. The molecule has 2 aliphatic heterocycles. The predicted molar refractivity (Wildman–Crippen MR) is 116 cm³/mol. The van der Waals surface area contributed by atoms with Gasteiger partial charge in [-0.3, -0.25) is 4.79 Å². The average Bonchev–Trinajstić information content (AvgIpc) is 3.43. The smallest absolute Gasteiger partial charge is 0.282 e. The summed E-state index contributed by atoms with van der Waals surface area (Å²) in [4.78, 5) is 33.3. The number of anilines is 2. The minimum atomic E-state index is 0.0220. The quantitative estimate of drug-likeness (QED) is 0.664. The van der Waals surface area contributed by atoms with Gasteiger partial charge in [-0.05, 0) is 31.9 Å². The Morgan fingerprint density at radius 2 is 1.69 bits per heavy atom. The molecule has 3 aromatic rings. The lowest BCUT2D eigenvalue weighted by Crippen LogP contribution is -2.49. The molecule has 2 aliphatic rings. The Kier molecular flexibility index (Phi) is 4.79. The number of carbonyl (C=O) groups excluding carboxylic acids is 1. The van der Waals surface area contributed by atoms with Gasteiger partial charge in [-0.1, -0.05) is 12.1 Å². The number of aryl methyl sites for hydroxylation is 1. The molecule has 2 aromatic heterocycles. The summed E-state index contributed by atoms with van der Waals surface area (Å²) < 4.78 is 1.05. The molecule has 0 saturated carbocycles. The number of nitrogens with zero attached hydrogens (tertiary/aromatic N) is 6. The van der Waals surface area contributed by atoms with Crippen LogP contribution in [0.3, 0.4) is 0 Å². The van der Waals surface area contributed by atoms with Gasteiger partial charge in [0.2, 0.25) is 5.95 Å². The highest BCUT2D eigenvalue weighted by molar-refractivity contribution is 7.20. The maximum atomic E-state index is 12.9. The zero-order valence-corrected chi connectivity index (χ0v) is 17.4. The first-order valence-electron chi connectivity index (χ1n) is 10.2. The summed E-state index contributed by atoms with van der Waals surface area (Å²) in [6, 6.07) is 9.96. The summed E-state index contributed by atoms with van der Waals surface area (Å²) in [5.41, 5.74) is 1.88. The van der Waals surface area contributed by atoms with Gasteiger partial charge in [-0.2, -0.15) is 4.98 Å². The second-order valence-corrected chi connectivity index (χ2v) is 8.66. The molecule has 5 rings (SSSR count). The van der Waals surface area contributed by atoms with E-state index in [4.69, 9.17) is 4.98 Å². The maximum Gasteiger partial charge on any atom is 0.282 e. The molecule has 1 aromatic carbocycles. The zero-order chi connectivity index (χ0) is 19.8. The number of benzene rings is 1. The number of aromatic nitrogens is 3. The summed E-state index contributed by atoms with van der Waals surface area (Å²) >= 11 is 1.47. The van der Waals surface area contributed by atoms with Crippen LogP contribution >= 0.6 is 11.3 Å². The SMILES string of the molecule is Cc1cc(N2CCCC2)nc(N2CCN(C(=O)c3nc4ccccc4s3)CC2)n1. The first-order chi connectivity index (χ1) is 14.2. The molecular formula is C21H24N6OS. The molecule has 0 atom stereocenters. The predicted octanol–water partition coefficient (Wildman–Crippen LogP) is 2.96. The second-order valence-electron chi connectivity index (χ2n) is 7.63. The van der Waals surface area contributed by atoms with Crippen LogP contribution in [0.25, 0.3) is 10.2 Å². The van der Waals surface area contributed by atoms with Crippen molar-refractivity contribution in [1.29, 1.82) is 0 Å². The molecule has 2 saturated heterocycles. The van der Waals surface area contributed by atoms with E-state index in [0.717, 1.165) is 53.9 Å². The highest BCUT2D eigenvalue weighted by atomic mass is 32.1. The molecule has 0 unspecified atom stereocenters. The van der Waals surface area contributed by atoms with Gasteiger partial charge in [0.05, 0.1) is 10.2 Å². The van der Waals surface area contributed by atoms with Crippen LogP contribution in [0.5, 0.6) is 0 Å². The third kappa shape index (κ3) is 3.64. The Labute approximate surface area is 174 Å². The van der Waals surface area contributed by atoms with Crippen molar-refractivity contribution < 1.29 is 4.79 Å². The summed E-state index contributed by atoms with van der Waals surface area (Å²) in [6.45, 7) is 6.95. The lowest BCUT2D eigenvalue weighted by molar-refractivity contribution is 0.0746. The van der Waals surface area contributed by atoms with Crippen LogP contribution in [0, 0.1) is 6.92 Å². The zero-order valence-electron chi connectivity index (χ0n) is 16.5. The molecule has 2 fully saturated rings. The Hall–Kier alpha value is -2.74. The van der Waals surface area contributed by atoms with Crippen molar-refractivity contribution in [3.05, 3.63) is 41.0 Å². The van der Waals surface area contributed by atoms with Gasteiger partial charge in [0.25, 0.3) is 5.91 Å². The lowest BCUT2D eigenvalue weighted by Gasteiger charge is -2.34. The highest BCUT2D eigenvalue weighted by Gasteiger charge is 2.26. The molecule has 0 N–H and O–H groups in total. The highest BCUT2D eigenvalue weighted by Crippen LogP contribution is 2.25. The Bertz CT molecular complexity index is 1000. The van der Waals surface area contributed by atoms with Crippen LogP contribution < -0.4 is 9.80 Å². The van der Waals surface area contributed by atoms with E-state index in [0.29, 0.717) is 18.1 Å². The lowest BCUT2D eigenvalue weighted by atomic mass is 10.3. The van der Waals surface area contributed by atoms with Crippen molar-refractivity contribution >= 4 is 39.2 Å². The summed E-state index contributed by atoms with van der Waals surface area (Å²) in [5, 5.41) is 0.572. The van der Waals surface area contributed by atoms with Crippen LogP contribution in [-0.2, 0) is 0 Å². The monoisotopic (exact) mass is 408 g/mol. The Morgan fingerprint density at radius 1 is 0.931 bits per heavy atom. The van der Waals surface area contributed by atoms with E-state index in [-0.39, 0.29) is 5.91 Å². The van der Waals surface area contributed by atoms with Gasteiger partial charge < -0.3 is 14.7 Å². The van der Waals surface area contributed by atoms with Gasteiger partial charge in [0, 0.05) is 51.0 Å². The summed E-state index contributed by atoms with van der Waals surface area (Å²) in [5.74, 6) is 1.82. The van der Waals surface area contributed by atoms with Gasteiger partial charge in [-0.25, -0.2) is 9.97 Å². The largest absolute Gasteiger partial charge is 0.356 e. The fraction of sp³-hybridized carbons (Fsp3) is 0.429. The van der Waals surface area contributed by atoms with E-state index in [9.17, 15) is 4.79 Å². The van der Waals surface area contributed by atoms with Crippen molar-refractivity contribution in [1.82, 2.24) is 19.9 Å². The van der Waals surface area contributed by atoms with E-state index in [1.807, 2.05) is 36.1 Å². The minimum absolute atomic E-state index is 0.0220. The maximum absolute atomic E-state index is 12.9.